The molecule has 0 radical (unpaired) electrons. The summed E-state index contributed by atoms with van der Waals surface area (Å²) in [5.41, 5.74) is 6.84. The monoisotopic (exact) mass is 340 g/mol. The Morgan fingerprint density at radius 1 is 0.885 bits per heavy atom. The van der Waals surface area contributed by atoms with Gasteiger partial charge in [-0.2, -0.15) is 0 Å². The van der Waals surface area contributed by atoms with Crippen LogP contribution >= 0.6 is 0 Å². The topological polar surface area (TPSA) is 0 Å². The van der Waals surface area contributed by atoms with Crippen LogP contribution in [0.3, 0.4) is 0 Å². The van der Waals surface area contributed by atoms with Gasteiger partial charge in [0.25, 0.3) is 0 Å². The molecule has 3 aromatic carbocycles. The second-order valence-electron chi connectivity index (χ2n) is 6.98. The molecule has 0 saturated carbocycles. The lowest BCUT2D eigenvalue weighted by Gasteiger charge is -2.23. The minimum Gasteiger partial charge on any atom is -0.0877 e. The average molecular weight is 341 g/mol. The summed E-state index contributed by atoms with van der Waals surface area (Å²) in [6, 6.07) is 22.4. The summed E-state index contributed by atoms with van der Waals surface area (Å²) in [6.45, 7) is 8.68. The van der Waals surface area contributed by atoms with Crippen molar-refractivity contribution in [2.45, 2.75) is 40.0 Å². The van der Waals surface area contributed by atoms with Crippen LogP contribution in [0.1, 0.15) is 48.4 Å². The average Bonchev–Trinajstić information content (AvgIpc) is 2.67. The Morgan fingerprint density at radius 3 is 2.23 bits per heavy atom. The van der Waals surface area contributed by atoms with E-state index < -0.39 is 0 Å². The molecule has 3 aromatic rings. The van der Waals surface area contributed by atoms with E-state index in [-0.39, 0.29) is 5.92 Å². The van der Waals surface area contributed by atoms with Crippen molar-refractivity contribution in [3.63, 3.8) is 0 Å². The number of allylic oxidation sites excluding steroid dienone is 4. The lowest BCUT2D eigenvalue weighted by Crippen LogP contribution is -2.06. The fraction of sp³-hybridized carbons (Fsp3) is 0.231. The predicted octanol–water partition coefficient (Wildman–Crippen LogP) is 7.50. The highest BCUT2D eigenvalue weighted by atomic mass is 14.2. The Balaban J connectivity index is 2.27. The first kappa shape index (κ1) is 18.2. The molecule has 0 aliphatic carbocycles. The first-order valence-electron chi connectivity index (χ1n) is 9.52. The first-order valence-corrected chi connectivity index (χ1v) is 9.52. The summed E-state index contributed by atoms with van der Waals surface area (Å²) in [4.78, 5) is 0. The van der Waals surface area contributed by atoms with Crippen LogP contribution in [0.4, 0.5) is 0 Å². The highest BCUT2D eigenvalue weighted by Gasteiger charge is 2.20. The maximum absolute atomic E-state index is 2.32. The summed E-state index contributed by atoms with van der Waals surface area (Å²) in [5.74, 6) is 0.280. The van der Waals surface area contributed by atoms with Crippen molar-refractivity contribution in [2.75, 3.05) is 0 Å². The minimum atomic E-state index is 0.280. The molecule has 0 heterocycles. The SMILES string of the molecule is C/C=C\C=C(/CC)C(c1ccc(C)cc1)c1ccc(C)c2ccccc12. The van der Waals surface area contributed by atoms with Crippen molar-refractivity contribution in [2.24, 2.45) is 0 Å². The highest BCUT2D eigenvalue weighted by molar-refractivity contribution is 5.89. The molecule has 26 heavy (non-hydrogen) atoms. The molecular weight excluding hydrogens is 312 g/mol. The lowest BCUT2D eigenvalue weighted by molar-refractivity contribution is 0.886. The van der Waals surface area contributed by atoms with E-state index in [1.165, 1.54) is 38.6 Å². The summed E-state index contributed by atoms with van der Waals surface area (Å²) in [6.07, 6.45) is 7.59. The van der Waals surface area contributed by atoms with Gasteiger partial charge in [0.05, 0.1) is 0 Å². The first-order chi connectivity index (χ1) is 12.7. The molecule has 0 aliphatic rings. The van der Waals surface area contributed by atoms with Gasteiger partial charge in [-0.15, -0.1) is 0 Å². The van der Waals surface area contributed by atoms with Crippen LogP contribution in [0.15, 0.2) is 84.5 Å². The van der Waals surface area contributed by atoms with E-state index in [4.69, 9.17) is 0 Å². The molecule has 0 N–H and O–H groups in total. The molecule has 0 nitrogen and oxygen atoms in total. The predicted molar refractivity (Wildman–Crippen MR) is 115 cm³/mol. The Labute approximate surface area is 157 Å². The molecule has 0 heteroatoms. The van der Waals surface area contributed by atoms with Crippen molar-refractivity contribution in [3.05, 3.63) is 107 Å². The molecule has 132 valence electrons. The van der Waals surface area contributed by atoms with Crippen LogP contribution in [0.2, 0.25) is 0 Å². The summed E-state index contributed by atoms with van der Waals surface area (Å²) >= 11 is 0. The van der Waals surface area contributed by atoms with Gasteiger partial charge in [-0.05, 0) is 54.7 Å². The van der Waals surface area contributed by atoms with Gasteiger partial charge in [-0.1, -0.05) is 97.0 Å². The molecule has 1 unspecified atom stereocenters. The smallest absolute Gasteiger partial charge is 0.0308 e. The Hall–Kier alpha value is -2.60. The van der Waals surface area contributed by atoms with Gasteiger partial charge in [0.2, 0.25) is 0 Å². The van der Waals surface area contributed by atoms with Crippen molar-refractivity contribution < 1.29 is 0 Å². The van der Waals surface area contributed by atoms with Gasteiger partial charge in [-0.3, -0.25) is 0 Å². The molecule has 1 atom stereocenters. The number of hydrogen-bond donors (Lipinski definition) is 0. The van der Waals surface area contributed by atoms with Crippen LogP contribution in [-0.4, -0.2) is 0 Å². The molecule has 0 fully saturated rings. The quantitative estimate of drug-likeness (QED) is 0.422. The molecule has 3 rings (SSSR count). The summed E-state index contributed by atoms with van der Waals surface area (Å²) in [7, 11) is 0. The number of aryl methyl sites for hydroxylation is 2. The molecular formula is C26H28. The van der Waals surface area contributed by atoms with Crippen LogP contribution in [0.5, 0.6) is 0 Å². The van der Waals surface area contributed by atoms with E-state index in [1.54, 1.807) is 0 Å². The van der Waals surface area contributed by atoms with E-state index in [9.17, 15) is 0 Å². The lowest BCUT2D eigenvalue weighted by atomic mass is 9.80. The van der Waals surface area contributed by atoms with E-state index >= 15 is 0 Å². The van der Waals surface area contributed by atoms with E-state index in [0.717, 1.165) is 6.42 Å². The number of hydrogen-bond acceptors (Lipinski definition) is 0. The Bertz CT molecular complexity index is 939. The Morgan fingerprint density at radius 2 is 1.58 bits per heavy atom. The summed E-state index contributed by atoms with van der Waals surface area (Å²) < 4.78 is 0. The zero-order valence-corrected chi connectivity index (χ0v) is 16.3. The molecule has 0 bridgehead atoms. The summed E-state index contributed by atoms with van der Waals surface area (Å²) in [5, 5.41) is 2.71. The fourth-order valence-corrected chi connectivity index (χ4v) is 3.72. The third kappa shape index (κ3) is 3.65. The second kappa shape index (κ2) is 8.19. The number of benzene rings is 3. The van der Waals surface area contributed by atoms with Crippen molar-refractivity contribution >= 4 is 10.8 Å². The van der Waals surface area contributed by atoms with Crippen LogP contribution in [0.25, 0.3) is 10.8 Å². The van der Waals surface area contributed by atoms with Crippen molar-refractivity contribution in [1.82, 2.24) is 0 Å². The third-order valence-electron chi connectivity index (χ3n) is 5.18. The van der Waals surface area contributed by atoms with Gasteiger partial charge in [0, 0.05) is 5.92 Å². The normalized spacial score (nSPS) is 13.5. The van der Waals surface area contributed by atoms with Crippen LogP contribution < -0.4 is 0 Å². The van der Waals surface area contributed by atoms with E-state index in [1.807, 2.05) is 0 Å². The Kier molecular flexibility index (Phi) is 5.73. The van der Waals surface area contributed by atoms with Gasteiger partial charge in [-0.25, -0.2) is 0 Å². The largest absolute Gasteiger partial charge is 0.0877 e. The molecule has 0 spiro atoms. The number of rotatable bonds is 5. The van der Waals surface area contributed by atoms with E-state index in [2.05, 4.69) is 107 Å². The molecule has 0 aromatic heterocycles. The standard InChI is InChI=1S/C26H28/c1-5-7-10-21(6-2)26(22-16-13-19(3)14-17-22)25-18-15-20(4)23-11-8-9-12-24(23)25/h5,7-18,26H,6H2,1-4H3/b7-5-,21-10+. The maximum atomic E-state index is 2.32. The molecule has 0 amide bonds. The van der Waals surface area contributed by atoms with Crippen LogP contribution in [0, 0.1) is 13.8 Å². The van der Waals surface area contributed by atoms with Gasteiger partial charge < -0.3 is 0 Å². The third-order valence-corrected chi connectivity index (χ3v) is 5.18. The molecule has 0 saturated heterocycles. The van der Waals surface area contributed by atoms with Crippen molar-refractivity contribution in [1.29, 1.82) is 0 Å². The van der Waals surface area contributed by atoms with Gasteiger partial charge in [0.15, 0.2) is 0 Å². The fourth-order valence-electron chi connectivity index (χ4n) is 3.72. The maximum Gasteiger partial charge on any atom is 0.0308 e. The zero-order chi connectivity index (χ0) is 18.5. The van der Waals surface area contributed by atoms with E-state index in [0.29, 0.717) is 0 Å². The number of fused-ring (bicyclic) bond motifs is 1. The van der Waals surface area contributed by atoms with Crippen LogP contribution in [-0.2, 0) is 0 Å². The zero-order valence-electron chi connectivity index (χ0n) is 16.3. The minimum absolute atomic E-state index is 0.280. The van der Waals surface area contributed by atoms with Crippen molar-refractivity contribution in [3.8, 4) is 0 Å². The van der Waals surface area contributed by atoms with Gasteiger partial charge in [0.1, 0.15) is 0 Å². The van der Waals surface area contributed by atoms with Gasteiger partial charge >= 0.3 is 0 Å². The second-order valence-corrected chi connectivity index (χ2v) is 6.98. The molecule has 0 aliphatic heterocycles. The highest BCUT2D eigenvalue weighted by Crippen LogP contribution is 2.38.